The normalized spacial score (nSPS) is 15.2. The fourth-order valence-corrected chi connectivity index (χ4v) is 2.95. The van der Waals surface area contributed by atoms with Gasteiger partial charge in [0.15, 0.2) is 5.78 Å². The summed E-state index contributed by atoms with van der Waals surface area (Å²) in [5, 5.41) is 21.4. The van der Waals surface area contributed by atoms with Gasteiger partial charge in [0.2, 0.25) is 0 Å². The number of nitro groups is 1. The van der Waals surface area contributed by atoms with Gasteiger partial charge >= 0.3 is 0 Å². The molecule has 28 heavy (non-hydrogen) atoms. The van der Waals surface area contributed by atoms with Gasteiger partial charge < -0.3 is 0 Å². The van der Waals surface area contributed by atoms with Crippen molar-refractivity contribution < 1.29 is 19.3 Å². The maximum atomic E-state index is 13.1. The first-order chi connectivity index (χ1) is 13.3. The maximum absolute atomic E-state index is 13.1. The van der Waals surface area contributed by atoms with Crippen LogP contribution in [0.25, 0.3) is 5.57 Å². The van der Waals surface area contributed by atoms with Crippen LogP contribution in [0, 0.1) is 15.9 Å². The van der Waals surface area contributed by atoms with E-state index in [1.165, 1.54) is 43.6 Å². The summed E-state index contributed by atoms with van der Waals surface area (Å²) in [7, 11) is 1.37. The minimum absolute atomic E-state index is 0.120. The third kappa shape index (κ3) is 4.39. The maximum Gasteiger partial charge on any atom is 0.270 e. The number of benzene rings is 2. The van der Waals surface area contributed by atoms with Gasteiger partial charge in [-0.05, 0) is 47.4 Å². The number of carbonyl (C=O) groups is 1. The number of Topliss-reactive ketones (excluding diaryl/α,β-unsaturated/α-hetero) is 1. The number of ketones is 1. The zero-order chi connectivity index (χ0) is 20.3. The number of hydrogen-bond acceptors (Lipinski definition) is 5. The summed E-state index contributed by atoms with van der Waals surface area (Å²) in [6.45, 7) is 0. The lowest BCUT2D eigenvalue weighted by Gasteiger charge is -2.17. The van der Waals surface area contributed by atoms with Crippen molar-refractivity contribution in [2.45, 2.75) is 6.42 Å². The Morgan fingerprint density at radius 2 is 1.89 bits per heavy atom. The van der Waals surface area contributed by atoms with E-state index < -0.39 is 4.92 Å². The van der Waals surface area contributed by atoms with Crippen molar-refractivity contribution in [2.75, 3.05) is 7.05 Å². The predicted octanol–water partition coefficient (Wildman–Crippen LogP) is 4.07. The second-order valence-corrected chi connectivity index (χ2v) is 6.38. The molecular formula is C21H17FN2O4. The summed E-state index contributed by atoms with van der Waals surface area (Å²) >= 11 is 0. The van der Waals surface area contributed by atoms with Crippen molar-refractivity contribution in [3.8, 4) is 0 Å². The van der Waals surface area contributed by atoms with Crippen molar-refractivity contribution in [1.29, 1.82) is 0 Å². The lowest BCUT2D eigenvalue weighted by atomic mass is 9.87. The Morgan fingerprint density at radius 1 is 1.18 bits per heavy atom. The zero-order valence-corrected chi connectivity index (χ0v) is 15.0. The third-order valence-corrected chi connectivity index (χ3v) is 4.19. The summed E-state index contributed by atoms with van der Waals surface area (Å²) in [5.74, 6) is -0.698. The first-order valence-corrected chi connectivity index (χ1v) is 8.43. The van der Waals surface area contributed by atoms with Gasteiger partial charge in [0.1, 0.15) is 5.82 Å². The zero-order valence-electron chi connectivity index (χ0n) is 15.0. The largest absolute Gasteiger partial charge is 0.289 e. The Hall–Kier alpha value is -3.58. The molecule has 3 rings (SSSR count). The van der Waals surface area contributed by atoms with Gasteiger partial charge in [0.05, 0.1) is 4.92 Å². The van der Waals surface area contributed by atoms with Crippen LogP contribution in [0.4, 0.5) is 10.1 Å². The molecule has 2 aromatic carbocycles. The summed E-state index contributed by atoms with van der Waals surface area (Å²) < 4.78 is 13.1. The first-order valence-electron chi connectivity index (χ1n) is 8.43. The molecule has 0 unspecified atom stereocenters. The summed E-state index contributed by atoms with van der Waals surface area (Å²) in [5.41, 5.74) is 2.41. The minimum Gasteiger partial charge on any atom is -0.289 e. The van der Waals surface area contributed by atoms with E-state index in [9.17, 15) is 24.5 Å². The van der Waals surface area contributed by atoms with Gasteiger partial charge in [-0.25, -0.2) is 4.39 Å². The molecule has 0 heterocycles. The molecular weight excluding hydrogens is 363 g/mol. The molecule has 1 aliphatic rings. The smallest absolute Gasteiger partial charge is 0.270 e. The predicted molar refractivity (Wildman–Crippen MR) is 102 cm³/mol. The second-order valence-electron chi connectivity index (χ2n) is 6.38. The average Bonchev–Trinajstić information content (AvgIpc) is 2.65. The van der Waals surface area contributed by atoms with E-state index in [1.807, 2.05) is 0 Å². The molecule has 0 aliphatic heterocycles. The van der Waals surface area contributed by atoms with Crippen LogP contribution in [0.5, 0.6) is 0 Å². The fraction of sp³-hybridized carbons (Fsp3) is 0.0952. The molecule has 1 N–H and O–H groups in total. The molecule has 7 heteroatoms. The molecule has 0 radical (unpaired) electrons. The Bertz CT molecular complexity index is 1020. The van der Waals surface area contributed by atoms with Gasteiger partial charge in [-0.1, -0.05) is 24.3 Å². The number of rotatable bonds is 5. The molecule has 2 aromatic rings. The Morgan fingerprint density at radius 3 is 2.54 bits per heavy atom. The second kappa shape index (κ2) is 7.98. The number of allylic oxidation sites excluding steroid dienone is 5. The fourth-order valence-electron chi connectivity index (χ4n) is 2.95. The highest BCUT2D eigenvalue weighted by Crippen LogP contribution is 2.30. The van der Waals surface area contributed by atoms with Crippen molar-refractivity contribution in [3.05, 3.63) is 105 Å². The highest BCUT2D eigenvalue weighted by atomic mass is 19.1. The Labute approximate surface area is 160 Å². The van der Waals surface area contributed by atoms with Crippen LogP contribution in [-0.4, -0.2) is 28.0 Å². The molecule has 142 valence electrons. The molecule has 0 aromatic heterocycles. The molecule has 0 spiro atoms. The standard InChI is InChI=1S/C21H17FN2O4/c1-23(26)13-17-10-15(9-14-5-7-18(22)8-6-14)11-20(21(17)25)16-3-2-4-19(12-16)24(27)28/h2-8,10-13,26H,9H2,1H3. The van der Waals surface area contributed by atoms with Gasteiger partial charge in [-0.3, -0.25) is 25.2 Å². The van der Waals surface area contributed by atoms with E-state index in [1.54, 1.807) is 30.4 Å². The topological polar surface area (TPSA) is 83.7 Å². The van der Waals surface area contributed by atoms with Crippen LogP contribution < -0.4 is 0 Å². The van der Waals surface area contributed by atoms with Gasteiger partial charge in [0.25, 0.3) is 5.69 Å². The molecule has 0 saturated heterocycles. The van der Waals surface area contributed by atoms with E-state index in [4.69, 9.17) is 0 Å². The number of halogens is 1. The van der Waals surface area contributed by atoms with Crippen LogP contribution >= 0.6 is 0 Å². The number of hydroxylamine groups is 2. The van der Waals surface area contributed by atoms with Gasteiger partial charge in [-0.2, -0.15) is 0 Å². The van der Waals surface area contributed by atoms with E-state index in [2.05, 4.69) is 0 Å². The Kier molecular flexibility index (Phi) is 5.47. The highest BCUT2D eigenvalue weighted by molar-refractivity contribution is 6.31. The molecule has 1 aliphatic carbocycles. The summed E-state index contributed by atoms with van der Waals surface area (Å²) in [6, 6.07) is 11.8. The van der Waals surface area contributed by atoms with E-state index in [-0.39, 0.29) is 28.4 Å². The quantitative estimate of drug-likeness (QED) is 0.480. The average molecular weight is 380 g/mol. The van der Waals surface area contributed by atoms with Crippen LogP contribution in [0.1, 0.15) is 11.1 Å². The van der Waals surface area contributed by atoms with Crippen molar-refractivity contribution in [3.63, 3.8) is 0 Å². The monoisotopic (exact) mass is 380 g/mol. The van der Waals surface area contributed by atoms with Crippen LogP contribution in [0.15, 0.2) is 78.0 Å². The summed E-state index contributed by atoms with van der Waals surface area (Å²) in [6.07, 6.45) is 5.01. The number of carbonyl (C=O) groups excluding carboxylic acids is 1. The lowest BCUT2D eigenvalue weighted by Crippen LogP contribution is -2.14. The van der Waals surface area contributed by atoms with E-state index >= 15 is 0 Å². The highest BCUT2D eigenvalue weighted by Gasteiger charge is 2.22. The Balaban J connectivity index is 2.04. The van der Waals surface area contributed by atoms with E-state index in [0.29, 0.717) is 12.0 Å². The number of nitrogens with zero attached hydrogens (tertiary/aromatic N) is 2. The van der Waals surface area contributed by atoms with Crippen LogP contribution in [0.3, 0.4) is 0 Å². The number of hydrogen-bond donors (Lipinski definition) is 1. The molecule has 6 nitrogen and oxygen atoms in total. The van der Waals surface area contributed by atoms with Crippen molar-refractivity contribution in [2.24, 2.45) is 0 Å². The first kappa shape index (κ1) is 19.2. The third-order valence-electron chi connectivity index (χ3n) is 4.19. The molecule has 0 fully saturated rings. The molecule has 0 amide bonds. The van der Waals surface area contributed by atoms with Gasteiger partial charge in [-0.15, -0.1) is 0 Å². The minimum atomic E-state index is -0.523. The molecule has 0 saturated carbocycles. The molecule has 0 bridgehead atoms. The van der Waals surface area contributed by atoms with Crippen LogP contribution in [0.2, 0.25) is 0 Å². The van der Waals surface area contributed by atoms with E-state index in [0.717, 1.165) is 16.2 Å². The number of nitro benzene ring substituents is 1. The van der Waals surface area contributed by atoms with Crippen molar-refractivity contribution >= 4 is 17.0 Å². The van der Waals surface area contributed by atoms with Gasteiger partial charge in [0, 0.05) is 36.5 Å². The number of non-ortho nitro benzene ring substituents is 1. The molecule has 0 atom stereocenters. The summed E-state index contributed by atoms with van der Waals surface area (Å²) in [4.78, 5) is 23.4. The van der Waals surface area contributed by atoms with Crippen molar-refractivity contribution in [1.82, 2.24) is 5.06 Å². The lowest BCUT2D eigenvalue weighted by molar-refractivity contribution is -0.384. The van der Waals surface area contributed by atoms with Crippen LogP contribution in [-0.2, 0) is 11.2 Å². The SMILES string of the molecule is CN(O)C=C1C=C(Cc2ccc(F)cc2)C=C(c2cccc([N+](=O)[O-])c2)C1=O.